The van der Waals surface area contributed by atoms with E-state index in [2.05, 4.69) is 55.3 Å². The van der Waals surface area contributed by atoms with Gasteiger partial charge in [0.15, 0.2) is 0 Å². The molecule has 0 fully saturated rings. The first kappa shape index (κ1) is 9.97. The Morgan fingerprint density at radius 1 is 0.900 bits per heavy atom. The van der Waals surface area contributed by atoms with Crippen LogP contribution in [0.2, 0.25) is 0 Å². The highest BCUT2D eigenvalue weighted by Crippen LogP contribution is 2.28. The molecule has 4 heterocycles. The number of benzene rings is 1. The molecule has 0 bridgehead atoms. The lowest BCUT2D eigenvalue weighted by Crippen LogP contribution is -1.96. The van der Waals surface area contributed by atoms with Crippen LogP contribution >= 0.6 is 0 Å². The van der Waals surface area contributed by atoms with Gasteiger partial charge in [-0.3, -0.25) is 13.8 Å². The number of nitrogens with zero attached hydrogens (tertiary/aromatic N) is 4. The molecule has 0 saturated heterocycles. The lowest BCUT2D eigenvalue weighted by molar-refractivity contribution is 1.12. The van der Waals surface area contributed by atoms with E-state index in [1.807, 2.05) is 24.8 Å². The second-order valence-corrected chi connectivity index (χ2v) is 4.93. The SMILES string of the molecule is c1ccc2c(c1)cn1c3cccnc3c3cncn3c21. The van der Waals surface area contributed by atoms with Gasteiger partial charge in [-0.15, -0.1) is 0 Å². The molecule has 4 heteroatoms. The summed E-state index contributed by atoms with van der Waals surface area (Å²) in [4.78, 5) is 8.82. The highest BCUT2D eigenvalue weighted by molar-refractivity contribution is 6.02. The molecule has 0 aliphatic carbocycles. The minimum absolute atomic E-state index is 0.970. The van der Waals surface area contributed by atoms with Gasteiger partial charge < -0.3 is 0 Å². The molecule has 0 N–H and O–H groups in total. The average molecular weight is 258 g/mol. The van der Waals surface area contributed by atoms with Gasteiger partial charge in [-0.25, -0.2) is 4.98 Å². The third kappa shape index (κ3) is 1.07. The molecule has 4 aromatic heterocycles. The predicted molar refractivity (Wildman–Crippen MR) is 79.0 cm³/mol. The van der Waals surface area contributed by atoms with Gasteiger partial charge in [0.2, 0.25) is 0 Å². The molecule has 20 heavy (non-hydrogen) atoms. The summed E-state index contributed by atoms with van der Waals surface area (Å²) in [6.07, 6.45) is 7.71. The summed E-state index contributed by atoms with van der Waals surface area (Å²) in [5.41, 5.74) is 4.25. The van der Waals surface area contributed by atoms with Crippen molar-refractivity contribution in [1.82, 2.24) is 18.8 Å². The minimum atomic E-state index is 0.970. The molecule has 5 aromatic rings. The summed E-state index contributed by atoms with van der Waals surface area (Å²) in [7, 11) is 0. The van der Waals surface area contributed by atoms with Gasteiger partial charge in [-0.05, 0) is 12.1 Å². The molecule has 4 nitrogen and oxygen atoms in total. The number of hydrogen-bond acceptors (Lipinski definition) is 2. The number of hydrogen-bond donors (Lipinski definition) is 0. The lowest BCUT2D eigenvalue weighted by Gasteiger charge is -2.06. The van der Waals surface area contributed by atoms with Crippen LogP contribution in [0.5, 0.6) is 0 Å². The molecule has 0 amide bonds. The Balaban J connectivity index is 2.26. The molecule has 0 aliphatic rings. The summed E-state index contributed by atoms with van der Waals surface area (Å²) < 4.78 is 4.30. The molecule has 0 spiro atoms. The van der Waals surface area contributed by atoms with Gasteiger partial charge in [0, 0.05) is 23.2 Å². The highest BCUT2D eigenvalue weighted by Gasteiger charge is 2.12. The Morgan fingerprint density at radius 3 is 2.85 bits per heavy atom. The molecular weight excluding hydrogens is 248 g/mol. The van der Waals surface area contributed by atoms with Gasteiger partial charge in [-0.1, -0.05) is 24.3 Å². The third-order valence-electron chi connectivity index (χ3n) is 3.85. The molecule has 0 unspecified atom stereocenters. The molecule has 5 rings (SSSR count). The van der Waals surface area contributed by atoms with Gasteiger partial charge in [-0.2, -0.15) is 0 Å². The van der Waals surface area contributed by atoms with Crippen LogP contribution in [0, 0.1) is 0 Å². The van der Waals surface area contributed by atoms with E-state index in [0.29, 0.717) is 0 Å². The Bertz CT molecular complexity index is 1100. The van der Waals surface area contributed by atoms with Gasteiger partial charge in [0.25, 0.3) is 0 Å². The van der Waals surface area contributed by atoms with E-state index < -0.39 is 0 Å². The van der Waals surface area contributed by atoms with Crippen LogP contribution in [-0.4, -0.2) is 18.8 Å². The van der Waals surface area contributed by atoms with Gasteiger partial charge >= 0.3 is 0 Å². The molecule has 0 atom stereocenters. The summed E-state index contributed by atoms with van der Waals surface area (Å²) in [6.45, 7) is 0. The van der Waals surface area contributed by atoms with Crippen LogP contribution in [0.25, 0.3) is 33.0 Å². The zero-order valence-electron chi connectivity index (χ0n) is 10.6. The Hall–Kier alpha value is -2.88. The Labute approximate surface area is 113 Å². The van der Waals surface area contributed by atoms with Crippen molar-refractivity contribution in [2.75, 3.05) is 0 Å². The summed E-state index contributed by atoms with van der Waals surface area (Å²) >= 11 is 0. The van der Waals surface area contributed by atoms with Crippen LogP contribution in [0.1, 0.15) is 0 Å². The zero-order chi connectivity index (χ0) is 13.1. The fourth-order valence-electron chi connectivity index (χ4n) is 3.00. The van der Waals surface area contributed by atoms with E-state index in [9.17, 15) is 0 Å². The maximum Gasteiger partial charge on any atom is 0.131 e. The number of aromatic nitrogens is 4. The van der Waals surface area contributed by atoms with Crippen LogP contribution in [-0.2, 0) is 0 Å². The topological polar surface area (TPSA) is 34.6 Å². The van der Waals surface area contributed by atoms with Crippen molar-refractivity contribution < 1.29 is 0 Å². The van der Waals surface area contributed by atoms with Crippen molar-refractivity contribution in [3.63, 3.8) is 0 Å². The fraction of sp³-hybridized carbons (Fsp3) is 0. The zero-order valence-corrected chi connectivity index (χ0v) is 10.6. The second-order valence-electron chi connectivity index (χ2n) is 4.93. The standard InChI is InChI=1S/C16H10N4/c1-2-5-12-11(4-1)9-19-13-6-3-7-18-15(13)14-8-17-10-20(14)16(12)19/h1-10H. The number of imidazole rings is 1. The van der Waals surface area contributed by atoms with Crippen molar-refractivity contribution in [3.8, 4) is 0 Å². The first-order valence-electron chi connectivity index (χ1n) is 6.52. The maximum atomic E-state index is 4.52. The largest absolute Gasteiger partial charge is 0.300 e. The summed E-state index contributed by atoms with van der Waals surface area (Å²) in [5, 5.41) is 2.44. The Kier molecular flexibility index (Phi) is 1.68. The monoisotopic (exact) mass is 258 g/mol. The van der Waals surface area contributed by atoms with Crippen LogP contribution < -0.4 is 0 Å². The minimum Gasteiger partial charge on any atom is -0.300 e. The van der Waals surface area contributed by atoms with Gasteiger partial charge in [0.05, 0.1) is 17.2 Å². The molecule has 1 aromatic carbocycles. The normalized spacial score (nSPS) is 12.0. The van der Waals surface area contributed by atoms with Crippen molar-refractivity contribution in [2.45, 2.75) is 0 Å². The average Bonchev–Trinajstić information content (AvgIpc) is 3.11. The van der Waals surface area contributed by atoms with Crippen molar-refractivity contribution in [1.29, 1.82) is 0 Å². The lowest BCUT2D eigenvalue weighted by atomic mass is 10.2. The second kappa shape index (κ2) is 3.36. The van der Waals surface area contributed by atoms with Crippen molar-refractivity contribution >= 4 is 33.0 Å². The maximum absolute atomic E-state index is 4.52. The van der Waals surface area contributed by atoms with E-state index in [1.165, 1.54) is 10.8 Å². The molecule has 0 radical (unpaired) electrons. The number of pyridine rings is 1. The fourth-order valence-corrected chi connectivity index (χ4v) is 3.00. The number of rotatable bonds is 0. The predicted octanol–water partition coefficient (Wildman–Crippen LogP) is 3.29. The number of fused-ring (bicyclic) bond motifs is 8. The first-order chi connectivity index (χ1) is 9.93. The highest BCUT2D eigenvalue weighted by atomic mass is 15.1. The smallest absolute Gasteiger partial charge is 0.131 e. The first-order valence-corrected chi connectivity index (χ1v) is 6.52. The molecule has 0 aliphatic heterocycles. The molecular formula is C16H10N4. The Morgan fingerprint density at radius 2 is 1.85 bits per heavy atom. The van der Waals surface area contributed by atoms with Crippen LogP contribution in [0.4, 0.5) is 0 Å². The van der Waals surface area contributed by atoms with Crippen LogP contribution in [0.3, 0.4) is 0 Å². The van der Waals surface area contributed by atoms with Crippen molar-refractivity contribution in [3.05, 3.63) is 61.3 Å². The van der Waals surface area contributed by atoms with E-state index in [0.717, 1.165) is 22.2 Å². The van der Waals surface area contributed by atoms with Gasteiger partial charge in [0.1, 0.15) is 17.5 Å². The van der Waals surface area contributed by atoms with E-state index in [1.54, 1.807) is 0 Å². The third-order valence-corrected chi connectivity index (χ3v) is 3.85. The van der Waals surface area contributed by atoms with E-state index >= 15 is 0 Å². The van der Waals surface area contributed by atoms with Crippen LogP contribution in [0.15, 0.2) is 61.3 Å². The molecule has 94 valence electrons. The summed E-state index contributed by atoms with van der Waals surface area (Å²) in [5.74, 6) is 0. The summed E-state index contributed by atoms with van der Waals surface area (Å²) in [6, 6.07) is 12.5. The van der Waals surface area contributed by atoms with E-state index in [-0.39, 0.29) is 0 Å². The van der Waals surface area contributed by atoms with Crippen molar-refractivity contribution in [2.24, 2.45) is 0 Å². The van der Waals surface area contributed by atoms with E-state index in [4.69, 9.17) is 0 Å². The quantitative estimate of drug-likeness (QED) is 0.427. The molecule has 0 saturated carbocycles.